The molecule has 5 rings (SSSR count). The summed E-state index contributed by atoms with van der Waals surface area (Å²) in [5, 5.41) is 0. The Morgan fingerprint density at radius 1 is 0.600 bits per heavy atom. The SMILES string of the molecule is IC1CCC2C[C@@H](C3CCC4C(C=CC5CCC=CC54)C3)CCC2C1. The van der Waals surface area contributed by atoms with Gasteiger partial charge in [-0.3, -0.25) is 0 Å². The van der Waals surface area contributed by atoms with Crippen molar-refractivity contribution in [3.63, 3.8) is 0 Å². The van der Waals surface area contributed by atoms with Crippen LogP contribution in [-0.2, 0) is 0 Å². The van der Waals surface area contributed by atoms with Gasteiger partial charge in [0.1, 0.15) is 0 Å². The van der Waals surface area contributed by atoms with Crippen LogP contribution in [0.1, 0.15) is 70.6 Å². The fourth-order valence-electron chi connectivity index (χ4n) is 7.53. The van der Waals surface area contributed by atoms with Crippen molar-refractivity contribution in [2.45, 2.75) is 74.6 Å². The summed E-state index contributed by atoms with van der Waals surface area (Å²) in [7, 11) is 0. The van der Waals surface area contributed by atoms with Gasteiger partial charge in [0.2, 0.25) is 0 Å². The summed E-state index contributed by atoms with van der Waals surface area (Å²) in [5.74, 6) is 7.95. The number of rotatable bonds is 1. The fourth-order valence-corrected chi connectivity index (χ4v) is 8.55. The second kappa shape index (κ2) is 7.32. The summed E-state index contributed by atoms with van der Waals surface area (Å²) < 4.78 is 0.981. The molecule has 25 heavy (non-hydrogen) atoms. The van der Waals surface area contributed by atoms with Gasteiger partial charge in [-0.15, -0.1) is 0 Å². The molecular weight excluding hydrogens is 415 g/mol. The molecule has 3 fully saturated rings. The molecule has 138 valence electrons. The lowest BCUT2D eigenvalue weighted by atomic mass is 9.57. The van der Waals surface area contributed by atoms with Crippen LogP contribution in [0.5, 0.6) is 0 Å². The molecule has 0 radical (unpaired) electrons. The average molecular weight is 450 g/mol. The maximum Gasteiger partial charge on any atom is 0.0112 e. The molecule has 0 aromatic heterocycles. The normalized spacial score (nSPS) is 52.1. The lowest BCUT2D eigenvalue weighted by Crippen LogP contribution is -2.39. The molecule has 0 aliphatic heterocycles. The summed E-state index contributed by atoms with van der Waals surface area (Å²) in [5.41, 5.74) is 0. The molecule has 5 aliphatic carbocycles. The maximum atomic E-state index is 2.72. The van der Waals surface area contributed by atoms with Gasteiger partial charge in [-0.25, -0.2) is 0 Å². The molecule has 0 saturated heterocycles. The molecule has 0 amide bonds. The van der Waals surface area contributed by atoms with E-state index in [1.54, 1.807) is 32.1 Å². The van der Waals surface area contributed by atoms with Crippen molar-refractivity contribution in [1.29, 1.82) is 0 Å². The third-order valence-electron chi connectivity index (χ3n) is 8.87. The minimum Gasteiger partial charge on any atom is -0.0882 e. The van der Waals surface area contributed by atoms with Crippen LogP contribution in [0.25, 0.3) is 0 Å². The minimum absolute atomic E-state index is 0.877. The number of hydrogen-bond donors (Lipinski definition) is 0. The Kier molecular flexibility index (Phi) is 5.07. The predicted molar refractivity (Wildman–Crippen MR) is 115 cm³/mol. The summed E-state index contributed by atoms with van der Waals surface area (Å²) in [4.78, 5) is 0. The predicted octanol–water partition coefficient (Wildman–Crippen LogP) is 7.19. The molecule has 5 aliphatic rings. The quantitative estimate of drug-likeness (QED) is 0.225. The van der Waals surface area contributed by atoms with Gasteiger partial charge in [0.05, 0.1) is 0 Å². The van der Waals surface area contributed by atoms with Crippen LogP contribution in [0.3, 0.4) is 0 Å². The fraction of sp³-hybridized carbons (Fsp3) is 0.833. The standard InChI is InChI=1S/C24H35I/c25-22-11-9-18-13-17(6-7-20(18)15-22)19-10-12-24-21(14-19)8-5-16-3-1-2-4-23(16)24/h2,4-5,8,16-24H,1,3,6-7,9-15H2/t16?,17-,18?,19?,20?,21?,22?,23?,24?/m0/s1. The van der Waals surface area contributed by atoms with Gasteiger partial charge in [0, 0.05) is 3.92 Å². The first-order valence-corrected chi connectivity index (χ1v) is 12.5. The van der Waals surface area contributed by atoms with Crippen LogP contribution in [0.4, 0.5) is 0 Å². The summed E-state index contributed by atoms with van der Waals surface area (Å²) in [6.07, 6.45) is 27.0. The molecule has 0 N–H and O–H groups in total. The zero-order valence-corrected chi connectivity index (χ0v) is 17.8. The summed E-state index contributed by atoms with van der Waals surface area (Å²) in [6, 6.07) is 0. The highest BCUT2D eigenvalue weighted by molar-refractivity contribution is 14.1. The number of halogens is 1. The van der Waals surface area contributed by atoms with Crippen molar-refractivity contribution < 1.29 is 0 Å². The first kappa shape index (κ1) is 17.3. The first-order valence-electron chi connectivity index (χ1n) is 11.3. The Morgan fingerprint density at radius 3 is 2.16 bits per heavy atom. The lowest BCUT2D eigenvalue weighted by molar-refractivity contribution is 0.0540. The molecule has 0 aromatic carbocycles. The average Bonchev–Trinajstić information content (AvgIpc) is 2.67. The van der Waals surface area contributed by atoms with E-state index in [9.17, 15) is 0 Å². The molecule has 3 saturated carbocycles. The second-order valence-corrected chi connectivity index (χ2v) is 11.8. The van der Waals surface area contributed by atoms with Gasteiger partial charge in [-0.2, -0.15) is 0 Å². The van der Waals surface area contributed by atoms with Gasteiger partial charge in [-0.1, -0.05) is 46.9 Å². The zero-order chi connectivity index (χ0) is 16.8. The van der Waals surface area contributed by atoms with Crippen LogP contribution in [-0.4, -0.2) is 3.92 Å². The lowest BCUT2D eigenvalue weighted by Gasteiger charge is -2.48. The van der Waals surface area contributed by atoms with E-state index in [-0.39, 0.29) is 0 Å². The molecule has 0 bridgehead atoms. The van der Waals surface area contributed by atoms with Crippen molar-refractivity contribution in [1.82, 2.24) is 0 Å². The van der Waals surface area contributed by atoms with Gasteiger partial charge in [0.15, 0.2) is 0 Å². The summed E-state index contributed by atoms with van der Waals surface area (Å²) >= 11 is 2.72. The number of fused-ring (bicyclic) bond motifs is 4. The van der Waals surface area contributed by atoms with Crippen molar-refractivity contribution in [2.24, 2.45) is 47.3 Å². The molecule has 0 heterocycles. The Labute approximate surface area is 168 Å². The summed E-state index contributed by atoms with van der Waals surface area (Å²) in [6.45, 7) is 0. The number of allylic oxidation sites excluding steroid dienone is 4. The van der Waals surface area contributed by atoms with Gasteiger partial charge in [-0.05, 0) is 118 Å². The molecule has 0 spiro atoms. The van der Waals surface area contributed by atoms with E-state index in [0.29, 0.717) is 0 Å². The van der Waals surface area contributed by atoms with Crippen molar-refractivity contribution in [3.05, 3.63) is 24.3 Å². The molecule has 0 aromatic rings. The third-order valence-corrected chi connectivity index (χ3v) is 10.0. The van der Waals surface area contributed by atoms with Crippen molar-refractivity contribution in [3.8, 4) is 0 Å². The van der Waals surface area contributed by atoms with Crippen LogP contribution in [0.2, 0.25) is 0 Å². The monoisotopic (exact) mass is 450 g/mol. The molecule has 1 heteroatoms. The Morgan fingerprint density at radius 2 is 1.28 bits per heavy atom. The van der Waals surface area contributed by atoms with E-state index < -0.39 is 0 Å². The van der Waals surface area contributed by atoms with Crippen LogP contribution >= 0.6 is 22.6 Å². The van der Waals surface area contributed by atoms with Crippen LogP contribution < -0.4 is 0 Å². The van der Waals surface area contributed by atoms with E-state index in [4.69, 9.17) is 0 Å². The second-order valence-electron chi connectivity index (χ2n) is 10.0. The van der Waals surface area contributed by atoms with Gasteiger partial charge >= 0.3 is 0 Å². The topological polar surface area (TPSA) is 0 Å². The smallest absolute Gasteiger partial charge is 0.0112 e. The van der Waals surface area contributed by atoms with E-state index in [0.717, 1.165) is 51.3 Å². The molecule has 9 atom stereocenters. The Hall–Kier alpha value is 0.210. The number of alkyl halides is 1. The molecular formula is C24H35I. The maximum absolute atomic E-state index is 2.72. The zero-order valence-electron chi connectivity index (χ0n) is 15.7. The minimum atomic E-state index is 0.877. The molecule has 0 nitrogen and oxygen atoms in total. The third kappa shape index (κ3) is 3.41. The van der Waals surface area contributed by atoms with Crippen molar-refractivity contribution in [2.75, 3.05) is 0 Å². The van der Waals surface area contributed by atoms with Crippen molar-refractivity contribution >= 4 is 22.6 Å². The van der Waals surface area contributed by atoms with Gasteiger partial charge < -0.3 is 0 Å². The van der Waals surface area contributed by atoms with Gasteiger partial charge in [0.25, 0.3) is 0 Å². The Balaban J connectivity index is 1.23. The first-order chi connectivity index (χ1) is 12.3. The molecule has 8 unspecified atom stereocenters. The highest BCUT2D eigenvalue weighted by Gasteiger charge is 2.43. The van der Waals surface area contributed by atoms with E-state index in [2.05, 4.69) is 46.9 Å². The highest BCUT2D eigenvalue weighted by atomic mass is 127. The number of hydrogen-bond acceptors (Lipinski definition) is 0. The Bertz CT molecular complexity index is 534. The van der Waals surface area contributed by atoms with E-state index in [1.807, 2.05) is 0 Å². The van der Waals surface area contributed by atoms with Crippen LogP contribution in [0.15, 0.2) is 24.3 Å². The van der Waals surface area contributed by atoms with Crippen LogP contribution in [0, 0.1) is 47.3 Å². The van der Waals surface area contributed by atoms with E-state index in [1.165, 1.54) is 38.5 Å². The largest absolute Gasteiger partial charge is 0.0882 e. The van der Waals surface area contributed by atoms with E-state index >= 15 is 0 Å². The highest BCUT2D eigenvalue weighted by Crippen LogP contribution is 2.53.